The number of rotatable bonds is 4. The third-order valence-electron chi connectivity index (χ3n) is 8.05. The van der Waals surface area contributed by atoms with E-state index in [1.54, 1.807) is 0 Å². The lowest BCUT2D eigenvalue weighted by atomic mass is 9.77. The Hall–Kier alpha value is -4.83. The number of nitrogens with zero attached hydrogens (tertiary/aromatic N) is 1. The maximum atomic E-state index is 13.3. The summed E-state index contributed by atoms with van der Waals surface area (Å²) in [5, 5.41) is 0. The van der Waals surface area contributed by atoms with E-state index in [2.05, 4.69) is 105 Å². The Morgan fingerprint density at radius 2 is 1.32 bits per heavy atom. The highest BCUT2D eigenvalue weighted by atomic mass is 16.6. The summed E-state index contributed by atoms with van der Waals surface area (Å²) < 4.78 is 13.0. The van der Waals surface area contributed by atoms with Gasteiger partial charge in [0.2, 0.25) is 0 Å². The SMILES string of the molecule is CCN(c1ccc(C)cc1)c1ccc2c(c1)Oc1ccc(-c3ccc(C)cc3)cc1C21OC(=O)c2ccccc21. The van der Waals surface area contributed by atoms with Crippen molar-refractivity contribution >= 4 is 17.3 Å². The number of carbonyl (C=O) groups excluding carboxylic acids is 1. The molecule has 0 radical (unpaired) electrons. The largest absolute Gasteiger partial charge is 0.456 e. The van der Waals surface area contributed by atoms with Crippen LogP contribution >= 0.6 is 0 Å². The van der Waals surface area contributed by atoms with Gasteiger partial charge < -0.3 is 14.4 Å². The molecule has 4 nitrogen and oxygen atoms in total. The minimum absolute atomic E-state index is 0.325. The fraction of sp³-hybridized carbons (Fsp3) is 0.139. The van der Waals surface area contributed by atoms with Crippen LogP contribution < -0.4 is 9.64 Å². The van der Waals surface area contributed by atoms with E-state index in [4.69, 9.17) is 9.47 Å². The Morgan fingerprint density at radius 3 is 2.08 bits per heavy atom. The maximum absolute atomic E-state index is 13.3. The van der Waals surface area contributed by atoms with Crippen molar-refractivity contribution in [3.05, 3.63) is 143 Å². The molecule has 1 spiro atoms. The molecule has 196 valence electrons. The lowest BCUT2D eigenvalue weighted by molar-refractivity contribution is 0.0224. The Bertz CT molecular complexity index is 1770. The smallest absolute Gasteiger partial charge is 0.340 e. The third kappa shape index (κ3) is 3.64. The first-order valence-corrected chi connectivity index (χ1v) is 13.7. The standard InChI is InChI=1S/C36H29NO3/c1-4-37(27-16-11-24(3)12-17-27)28-18-19-31-34(22-28)39-33-20-15-26(25-13-9-23(2)10-14-25)21-32(33)36(31)30-8-6-5-7-29(30)35(38)40-36/h5-22H,4H2,1-3H3. The van der Waals surface area contributed by atoms with Gasteiger partial charge in [-0.1, -0.05) is 71.8 Å². The molecule has 0 bridgehead atoms. The molecule has 2 aliphatic heterocycles. The van der Waals surface area contributed by atoms with Crippen LogP contribution in [0, 0.1) is 13.8 Å². The molecule has 1 atom stereocenters. The Labute approximate surface area is 234 Å². The van der Waals surface area contributed by atoms with Crippen LogP contribution in [0.2, 0.25) is 0 Å². The summed E-state index contributed by atoms with van der Waals surface area (Å²) in [7, 11) is 0. The van der Waals surface area contributed by atoms with Crippen LogP contribution in [-0.2, 0) is 10.3 Å². The number of hydrogen-bond donors (Lipinski definition) is 0. The first-order valence-electron chi connectivity index (χ1n) is 13.7. The number of esters is 1. The molecule has 0 aliphatic carbocycles. The molecule has 0 aromatic heterocycles. The number of hydrogen-bond acceptors (Lipinski definition) is 4. The van der Waals surface area contributed by atoms with Crippen LogP contribution in [0.5, 0.6) is 11.5 Å². The molecule has 7 rings (SSSR count). The highest BCUT2D eigenvalue weighted by Crippen LogP contribution is 2.57. The summed E-state index contributed by atoms with van der Waals surface area (Å²) in [6, 6.07) is 37.0. The summed E-state index contributed by atoms with van der Waals surface area (Å²) in [5.74, 6) is 1.04. The van der Waals surface area contributed by atoms with Crippen LogP contribution in [0.1, 0.15) is 45.1 Å². The maximum Gasteiger partial charge on any atom is 0.340 e. The van der Waals surface area contributed by atoms with E-state index in [9.17, 15) is 4.79 Å². The summed E-state index contributed by atoms with van der Waals surface area (Å²) in [6.45, 7) is 7.10. The van der Waals surface area contributed by atoms with E-state index in [-0.39, 0.29) is 5.97 Å². The predicted octanol–water partition coefficient (Wildman–Crippen LogP) is 8.70. The van der Waals surface area contributed by atoms with Gasteiger partial charge in [-0.2, -0.15) is 0 Å². The summed E-state index contributed by atoms with van der Waals surface area (Å²) >= 11 is 0. The summed E-state index contributed by atoms with van der Waals surface area (Å²) in [6.07, 6.45) is 0. The van der Waals surface area contributed by atoms with Crippen molar-refractivity contribution in [1.29, 1.82) is 0 Å². The average molecular weight is 524 g/mol. The fourth-order valence-corrected chi connectivity index (χ4v) is 5.99. The van der Waals surface area contributed by atoms with Gasteiger partial charge in [-0.25, -0.2) is 4.79 Å². The predicted molar refractivity (Wildman–Crippen MR) is 159 cm³/mol. The lowest BCUT2D eigenvalue weighted by Crippen LogP contribution is -2.33. The number of aryl methyl sites for hydroxylation is 2. The zero-order valence-electron chi connectivity index (χ0n) is 22.8. The molecule has 1 unspecified atom stereocenters. The minimum atomic E-state index is -1.10. The van der Waals surface area contributed by atoms with Crippen LogP contribution in [0.15, 0.2) is 109 Å². The normalized spacial score (nSPS) is 16.5. The molecular weight excluding hydrogens is 494 g/mol. The number of fused-ring (bicyclic) bond motifs is 6. The van der Waals surface area contributed by atoms with Gasteiger partial charge >= 0.3 is 5.97 Å². The topological polar surface area (TPSA) is 38.8 Å². The van der Waals surface area contributed by atoms with E-state index in [0.29, 0.717) is 17.1 Å². The van der Waals surface area contributed by atoms with Crippen LogP contribution in [0.4, 0.5) is 11.4 Å². The summed E-state index contributed by atoms with van der Waals surface area (Å²) in [5.41, 5.74) is 8.66. The van der Waals surface area contributed by atoms with Gasteiger partial charge in [-0.05, 0) is 74.4 Å². The van der Waals surface area contributed by atoms with Crippen LogP contribution in [0.25, 0.3) is 11.1 Å². The van der Waals surface area contributed by atoms with E-state index in [1.165, 1.54) is 11.1 Å². The second kappa shape index (κ2) is 9.13. The summed E-state index contributed by atoms with van der Waals surface area (Å²) in [4.78, 5) is 15.6. The third-order valence-corrected chi connectivity index (χ3v) is 8.05. The van der Waals surface area contributed by atoms with Gasteiger partial charge in [-0.3, -0.25) is 0 Å². The van der Waals surface area contributed by atoms with Crippen LogP contribution in [-0.4, -0.2) is 12.5 Å². The first-order chi connectivity index (χ1) is 19.5. The molecule has 4 heteroatoms. The zero-order chi connectivity index (χ0) is 27.4. The molecule has 40 heavy (non-hydrogen) atoms. The monoisotopic (exact) mass is 523 g/mol. The molecule has 0 N–H and O–H groups in total. The van der Waals surface area contributed by atoms with Gasteiger partial charge in [-0.15, -0.1) is 0 Å². The van der Waals surface area contributed by atoms with E-state index >= 15 is 0 Å². The van der Waals surface area contributed by atoms with Gasteiger partial charge in [0.1, 0.15) is 11.5 Å². The number of benzene rings is 5. The molecule has 2 aliphatic rings. The van der Waals surface area contributed by atoms with Gasteiger partial charge in [0, 0.05) is 40.7 Å². The van der Waals surface area contributed by atoms with Crippen LogP contribution in [0.3, 0.4) is 0 Å². The molecule has 0 saturated carbocycles. The van der Waals surface area contributed by atoms with E-state index in [1.807, 2.05) is 30.3 Å². The van der Waals surface area contributed by atoms with E-state index in [0.717, 1.165) is 45.7 Å². The number of anilines is 2. The van der Waals surface area contributed by atoms with Crippen molar-refractivity contribution in [3.63, 3.8) is 0 Å². The van der Waals surface area contributed by atoms with Gasteiger partial charge in [0.15, 0.2) is 5.60 Å². The average Bonchev–Trinajstić information content (AvgIpc) is 3.27. The first kappa shape index (κ1) is 24.2. The molecule has 2 heterocycles. The number of ether oxygens (including phenoxy) is 2. The zero-order valence-corrected chi connectivity index (χ0v) is 22.8. The minimum Gasteiger partial charge on any atom is -0.456 e. The van der Waals surface area contributed by atoms with Crippen molar-refractivity contribution in [1.82, 2.24) is 0 Å². The molecule has 5 aromatic carbocycles. The Balaban J connectivity index is 1.42. The number of carbonyl (C=O) groups is 1. The van der Waals surface area contributed by atoms with Crippen molar-refractivity contribution < 1.29 is 14.3 Å². The molecule has 5 aromatic rings. The Morgan fingerprint density at radius 1 is 0.650 bits per heavy atom. The highest BCUT2D eigenvalue weighted by Gasteiger charge is 2.53. The second-order valence-corrected chi connectivity index (χ2v) is 10.6. The molecular formula is C36H29NO3. The van der Waals surface area contributed by atoms with Crippen molar-refractivity contribution in [3.8, 4) is 22.6 Å². The van der Waals surface area contributed by atoms with Crippen molar-refractivity contribution in [2.24, 2.45) is 0 Å². The Kier molecular flexibility index (Phi) is 5.53. The molecule has 0 fully saturated rings. The van der Waals surface area contributed by atoms with E-state index < -0.39 is 5.60 Å². The quantitative estimate of drug-likeness (QED) is 0.221. The second-order valence-electron chi connectivity index (χ2n) is 10.6. The fourth-order valence-electron chi connectivity index (χ4n) is 5.99. The lowest BCUT2D eigenvalue weighted by Gasteiger charge is -2.37. The molecule has 0 amide bonds. The molecule has 0 saturated heterocycles. The van der Waals surface area contributed by atoms with Crippen molar-refractivity contribution in [2.45, 2.75) is 26.4 Å². The van der Waals surface area contributed by atoms with Gasteiger partial charge in [0.05, 0.1) is 5.56 Å². The highest BCUT2D eigenvalue weighted by molar-refractivity contribution is 5.97. The van der Waals surface area contributed by atoms with Crippen molar-refractivity contribution in [2.75, 3.05) is 11.4 Å². The van der Waals surface area contributed by atoms with Gasteiger partial charge in [0.25, 0.3) is 0 Å².